The van der Waals surface area contributed by atoms with Gasteiger partial charge in [-0.1, -0.05) is 30.3 Å². The number of fused-ring (bicyclic) bond motifs is 1. The third kappa shape index (κ3) is 5.94. The number of hydrogen-bond donors (Lipinski definition) is 0. The summed E-state index contributed by atoms with van der Waals surface area (Å²) in [6.45, 7) is 0.0667. The first kappa shape index (κ1) is 21.6. The number of carbonyl (C=O) groups is 2. The molecule has 0 bridgehead atoms. The summed E-state index contributed by atoms with van der Waals surface area (Å²) in [4.78, 5) is 25.7. The number of nitriles is 1. The van der Waals surface area contributed by atoms with Gasteiger partial charge in [0.1, 0.15) is 5.75 Å². The zero-order valence-electron chi connectivity index (χ0n) is 17.4. The van der Waals surface area contributed by atoms with Crippen LogP contribution >= 0.6 is 0 Å². The lowest BCUT2D eigenvalue weighted by Crippen LogP contribution is -2.30. The third-order valence-electron chi connectivity index (χ3n) is 4.75. The fourth-order valence-electron chi connectivity index (χ4n) is 2.98. The van der Waals surface area contributed by atoms with Crippen LogP contribution in [0.4, 0.5) is 0 Å². The van der Waals surface area contributed by atoms with Crippen molar-refractivity contribution < 1.29 is 19.1 Å². The number of methoxy groups -OCH3 is 1. The lowest BCUT2D eigenvalue weighted by atomic mass is 10.1. The summed E-state index contributed by atoms with van der Waals surface area (Å²) < 4.78 is 10.3. The third-order valence-corrected chi connectivity index (χ3v) is 4.75. The van der Waals surface area contributed by atoms with Gasteiger partial charge in [-0.3, -0.25) is 4.79 Å². The van der Waals surface area contributed by atoms with Crippen LogP contribution in [0.5, 0.6) is 5.75 Å². The van der Waals surface area contributed by atoms with Gasteiger partial charge in [-0.15, -0.1) is 0 Å². The van der Waals surface area contributed by atoms with Crippen LogP contribution in [0.2, 0.25) is 0 Å². The molecule has 3 rings (SSSR count). The Labute approximate surface area is 180 Å². The number of benzene rings is 3. The molecule has 0 aliphatic heterocycles. The molecule has 6 nitrogen and oxygen atoms in total. The number of nitrogens with zero attached hydrogens (tertiary/aromatic N) is 2. The number of amides is 1. The molecule has 0 aromatic heterocycles. The first-order valence-corrected chi connectivity index (χ1v) is 9.64. The van der Waals surface area contributed by atoms with E-state index < -0.39 is 5.97 Å². The molecule has 0 fully saturated rings. The standard InChI is InChI=1S/C25H22N2O4/c1-27(16-20-7-9-22-14-23(30-2)11-10-21(22)13-20)24(28)17-31-25(29)12-8-18-3-5-19(15-26)6-4-18/h3-14H,16-17H2,1-2H3/b12-8+. The van der Waals surface area contributed by atoms with E-state index in [0.29, 0.717) is 12.1 Å². The van der Waals surface area contributed by atoms with Crippen molar-refractivity contribution in [3.05, 3.63) is 83.4 Å². The molecule has 3 aromatic carbocycles. The van der Waals surface area contributed by atoms with Gasteiger partial charge < -0.3 is 14.4 Å². The van der Waals surface area contributed by atoms with E-state index in [1.165, 1.54) is 11.0 Å². The number of ether oxygens (including phenoxy) is 2. The average Bonchev–Trinajstić information content (AvgIpc) is 2.81. The van der Waals surface area contributed by atoms with Crippen molar-refractivity contribution in [2.24, 2.45) is 0 Å². The Morgan fingerprint density at radius 1 is 1.03 bits per heavy atom. The highest BCUT2D eigenvalue weighted by Gasteiger charge is 2.12. The number of likely N-dealkylation sites (N-methyl/N-ethyl adjacent to an activating group) is 1. The lowest BCUT2D eigenvalue weighted by molar-refractivity contribution is -0.147. The Hall–Kier alpha value is -4.11. The molecule has 6 heteroatoms. The molecule has 0 saturated heterocycles. The van der Waals surface area contributed by atoms with Gasteiger partial charge in [0.2, 0.25) is 0 Å². The van der Waals surface area contributed by atoms with Gasteiger partial charge in [-0.05, 0) is 58.3 Å². The molecular weight excluding hydrogens is 392 g/mol. The second-order valence-electron chi connectivity index (χ2n) is 6.97. The second kappa shape index (κ2) is 10.1. The van der Waals surface area contributed by atoms with Crippen LogP contribution < -0.4 is 4.74 Å². The normalized spacial score (nSPS) is 10.6. The van der Waals surface area contributed by atoms with Gasteiger partial charge in [-0.25, -0.2) is 4.79 Å². The van der Waals surface area contributed by atoms with Crippen molar-refractivity contribution in [3.63, 3.8) is 0 Å². The van der Waals surface area contributed by atoms with E-state index in [1.807, 2.05) is 42.5 Å². The zero-order chi connectivity index (χ0) is 22.2. The van der Waals surface area contributed by atoms with Crippen molar-refractivity contribution in [1.82, 2.24) is 4.90 Å². The predicted octanol–water partition coefficient (Wildman–Crippen LogP) is 3.94. The molecule has 31 heavy (non-hydrogen) atoms. The molecule has 156 valence electrons. The summed E-state index contributed by atoms with van der Waals surface area (Å²) in [6, 6.07) is 20.6. The summed E-state index contributed by atoms with van der Waals surface area (Å²) >= 11 is 0. The maximum atomic E-state index is 12.3. The molecule has 0 saturated carbocycles. The van der Waals surface area contributed by atoms with E-state index in [2.05, 4.69) is 0 Å². The molecule has 0 heterocycles. The largest absolute Gasteiger partial charge is 0.497 e. The summed E-state index contributed by atoms with van der Waals surface area (Å²) in [7, 11) is 3.30. The number of hydrogen-bond acceptors (Lipinski definition) is 5. The summed E-state index contributed by atoms with van der Waals surface area (Å²) in [5.41, 5.74) is 2.27. The average molecular weight is 414 g/mol. The van der Waals surface area contributed by atoms with Crippen LogP contribution in [0.3, 0.4) is 0 Å². The minimum absolute atomic E-state index is 0.296. The van der Waals surface area contributed by atoms with Crippen molar-refractivity contribution in [2.45, 2.75) is 6.54 Å². The SMILES string of the molecule is COc1ccc2cc(CN(C)C(=O)COC(=O)/C=C/c3ccc(C#N)cc3)ccc2c1. The van der Waals surface area contributed by atoms with Crippen molar-refractivity contribution in [3.8, 4) is 11.8 Å². The molecule has 0 atom stereocenters. The van der Waals surface area contributed by atoms with Gasteiger partial charge in [0.05, 0.1) is 18.7 Å². The number of esters is 1. The van der Waals surface area contributed by atoms with E-state index in [0.717, 1.165) is 27.6 Å². The molecule has 0 aliphatic rings. The van der Waals surface area contributed by atoms with Gasteiger partial charge in [0.15, 0.2) is 6.61 Å². The van der Waals surface area contributed by atoms with Gasteiger partial charge >= 0.3 is 5.97 Å². The Morgan fingerprint density at radius 3 is 2.45 bits per heavy atom. The smallest absolute Gasteiger partial charge is 0.331 e. The highest BCUT2D eigenvalue weighted by molar-refractivity contribution is 5.89. The van der Waals surface area contributed by atoms with Gasteiger partial charge in [0.25, 0.3) is 5.91 Å². The number of carbonyl (C=O) groups excluding carboxylic acids is 2. The fraction of sp³-hybridized carbons (Fsp3) is 0.160. The molecular formula is C25H22N2O4. The monoisotopic (exact) mass is 414 g/mol. The highest BCUT2D eigenvalue weighted by Crippen LogP contribution is 2.22. The van der Waals surface area contributed by atoms with Gasteiger partial charge in [0, 0.05) is 19.7 Å². The minimum Gasteiger partial charge on any atom is -0.497 e. The van der Waals surface area contributed by atoms with Crippen LogP contribution in [0.1, 0.15) is 16.7 Å². The second-order valence-corrected chi connectivity index (χ2v) is 6.97. The summed E-state index contributed by atoms with van der Waals surface area (Å²) in [5, 5.41) is 10.9. The van der Waals surface area contributed by atoms with Crippen LogP contribution in [0.15, 0.2) is 66.7 Å². The first-order valence-electron chi connectivity index (χ1n) is 9.64. The predicted molar refractivity (Wildman–Crippen MR) is 118 cm³/mol. The Morgan fingerprint density at radius 2 is 1.74 bits per heavy atom. The van der Waals surface area contributed by atoms with Gasteiger partial charge in [-0.2, -0.15) is 5.26 Å². The topological polar surface area (TPSA) is 79.6 Å². The molecule has 1 amide bonds. The molecule has 3 aromatic rings. The number of rotatable bonds is 7. The van der Waals surface area contributed by atoms with E-state index in [1.54, 1.807) is 44.5 Å². The summed E-state index contributed by atoms with van der Waals surface area (Å²) in [5.74, 6) is -0.108. The fourth-order valence-corrected chi connectivity index (χ4v) is 2.98. The van der Waals surface area contributed by atoms with E-state index in [-0.39, 0.29) is 12.5 Å². The van der Waals surface area contributed by atoms with Crippen LogP contribution in [-0.2, 0) is 20.9 Å². The van der Waals surface area contributed by atoms with Crippen LogP contribution in [0.25, 0.3) is 16.8 Å². The minimum atomic E-state index is -0.606. The summed E-state index contributed by atoms with van der Waals surface area (Å²) in [6.07, 6.45) is 2.83. The first-order chi connectivity index (χ1) is 15.0. The lowest BCUT2D eigenvalue weighted by Gasteiger charge is -2.17. The quantitative estimate of drug-likeness (QED) is 0.432. The highest BCUT2D eigenvalue weighted by atomic mass is 16.5. The Kier molecular flexibility index (Phi) is 7.02. The Balaban J connectivity index is 1.51. The zero-order valence-corrected chi connectivity index (χ0v) is 17.4. The van der Waals surface area contributed by atoms with E-state index in [9.17, 15) is 9.59 Å². The molecule has 0 N–H and O–H groups in total. The maximum Gasteiger partial charge on any atom is 0.331 e. The Bertz CT molecular complexity index is 1160. The molecule has 0 aliphatic carbocycles. The van der Waals surface area contributed by atoms with E-state index >= 15 is 0 Å². The van der Waals surface area contributed by atoms with E-state index in [4.69, 9.17) is 14.7 Å². The maximum absolute atomic E-state index is 12.3. The molecule has 0 radical (unpaired) electrons. The van der Waals surface area contributed by atoms with Crippen molar-refractivity contribution in [2.75, 3.05) is 20.8 Å². The van der Waals surface area contributed by atoms with Crippen molar-refractivity contribution in [1.29, 1.82) is 5.26 Å². The van der Waals surface area contributed by atoms with Crippen molar-refractivity contribution >= 4 is 28.7 Å². The molecule has 0 spiro atoms. The van der Waals surface area contributed by atoms with Crippen LogP contribution in [0, 0.1) is 11.3 Å². The van der Waals surface area contributed by atoms with Crippen LogP contribution in [-0.4, -0.2) is 37.5 Å². The molecule has 0 unspecified atom stereocenters.